The van der Waals surface area contributed by atoms with Crippen LogP contribution in [0.25, 0.3) is 0 Å². The van der Waals surface area contributed by atoms with Gasteiger partial charge in [0.15, 0.2) is 0 Å². The van der Waals surface area contributed by atoms with Crippen molar-refractivity contribution >= 4 is 11.8 Å². The van der Waals surface area contributed by atoms with Crippen molar-refractivity contribution in [2.75, 3.05) is 13.6 Å². The van der Waals surface area contributed by atoms with Gasteiger partial charge in [-0.25, -0.2) is 0 Å². The Morgan fingerprint density at radius 1 is 1.17 bits per heavy atom. The quantitative estimate of drug-likeness (QED) is 0.825. The molecule has 0 spiro atoms. The highest BCUT2D eigenvalue weighted by Crippen LogP contribution is 2.54. The molecule has 2 rings (SSSR count). The van der Waals surface area contributed by atoms with E-state index in [1.54, 1.807) is 11.9 Å². The van der Waals surface area contributed by atoms with E-state index in [0.717, 1.165) is 24.7 Å². The van der Waals surface area contributed by atoms with Crippen LogP contribution in [0.5, 0.6) is 0 Å². The number of nitrogens with zero attached hydrogens (tertiary/aromatic N) is 1. The number of carbonyl (C=O) groups excluding carboxylic acids is 2. The number of carbonyl (C=O) groups is 2. The molecule has 4 heteroatoms. The number of hydrogen-bond acceptors (Lipinski definition) is 2. The van der Waals surface area contributed by atoms with Crippen molar-refractivity contribution in [1.82, 2.24) is 10.2 Å². The smallest absolute Gasteiger partial charge is 0.240 e. The van der Waals surface area contributed by atoms with E-state index in [0.29, 0.717) is 0 Å². The van der Waals surface area contributed by atoms with Crippen LogP contribution in [-0.4, -0.2) is 35.8 Å². The first-order chi connectivity index (χ1) is 8.26. The normalized spacial score (nSPS) is 29.7. The van der Waals surface area contributed by atoms with Crippen LogP contribution in [0.15, 0.2) is 0 Å². The number of amides is 2. The lowest BCUT2D eigenvalue weighted by Crippen LogP contribution is -2.47. The summed E-state index contributed by atoms with van der Waals surface area (Å²) in [7, 11) is 1.73. The summed E-state index contributed by atoms with van der Waals surface area (Å²) < 4.78 is 0. The zero-order chi connectivity index (χ0) is 13.5. The Bertz CT molecular complexity index is 349. The van der Waals surface area contributed by atoms with Crippen molar-refractivity contribution in [1.29, 1.82) is 0 Å². The van der Waals surface area contributed by atoms with Gasteiger partial charge in [-0.1, -0.05) is 0 Å². The van der Waals surface area contributed by atoms with Gasteiger partial charge in [0.1, 0.15) is 0 Å². The number of rotatable bonds is 3. The van der Waals surface area contributed by atoms with E-state index in [1.807, 2.05) is 20.8 Å². The van der Waals surface area contributed by atoms with Crippen LogP contribution in [0.1, 0.15) is 40.0 Å². The Kier molecular flexibility index (Phi) is 3.39. The molecule has 2 atom stereocenters. The summed E-state index contributed by atoms with van der Waals surface area (Å²) in [5.41, 5.74) is -0.240. The molecule has 102 valence electrons. The molecule has 0 bridgehead atoms. The Hall–Kier alpha value is -1.06. The summed E-state index contributed by atoms with van der Waals surface area (Å²) in [5.74, 6) is 1.83. The molecule has 2 saturated carbocycles. The van der Waals surface area contributed by atoms with Gasteiger partial charge in [0.05, 0.1) is 6.54 Å². The van der Waals surface area contributed by atoms with Crippen molar-refractivity contribution in [3.8, 4) is 0 Å². The Morgan fingerprint density at radius 3 is 2.22 bits per heavy atom. The first kappa shape index (κ1) is 13.4. The Balaban J connectivity index is 1.78. The molecular formula is C14H24N2O2. The Morgan fingerprint density at radius 2 is 1.72 bits per heavy atom. The molecule has 0 heterocycles. The van der Waals surface area contributed by atoms with E-state index in [9.17, 15) is 9.59 Å². The molecule has 18 heavy (non-hydrogen) atoms. The van der Waals surface area contributed by atoms with Gasteiger partial charge in [0.2, 0.25) is 11.8 Å². The summed E-state index contributed by atoms with van der Waals surface area (Å²) in [4.78, 5) is 25.5. The average molecular weight is 252 g/mol. The largest absolute Gasteiger partial charge is 0.350 e. The molecule has 1 N–H and O–H groups in total. The van der Waals surface area contributed by atoms with E-state index >= 15 is 0 Å². The van der Waals surface area contributed by atoms with Crippen molar-refractivity contribution in [2.24, 2.45) is 17.8 Å². The third kappa shape index (κ3) is 3.24. The third-order valence-corrected chi connectivity index (χ3v) is 3.86. The minimum absolute atomic E-state index is 0.0819. The molecule has 2 aliphatic rings. The van der Waals surface area contributed by atoms with E-state index in [4.69, 9.17) is 0 Å². The molecule has 4 nitrogen and oxygen atoms in total. The van der Waals surface area contributed by atoms with Crippen LogP contribution in [0.3, 0.4) is 0 Å². The Labute approximate surface area is 109 Å². The molecule has 2 unspecified atom stereocenters. The van der Waals surface area contributed by atoms with Gasteiger partial charge in [-0.2, -0.15) is 0 Å². The van der Waals surface area contributed by atoms with Crippen LogP contribution in [0.4, 0.5) is 0 Å². The zero-order valence-electron chi connectivity index (χ0n) is 11.8. The minimum atomic E-state index is -0.240. The summed E-state index contributed by atoms with van der Waals surface area (Å²) in [6.07, 6.45) is 3.39. The van der Waals surface area contributed by atoms with Gasteiger partial charge in [-0.15, -0.1) is 0 Å². The highest BCUT2D eigenvalue weighted by Gasteiger charge is 2.48. The van der Waals surface area contributed by atoms with E-state index in [-0.39, 0.29) is 29.8 Å². The fourth-order valence-corrected chi connectivity index (χ4v) is 2.98. The van der Waals surface area contributed by atoms with Gasteiger partial charge in [0, 0.05) is 18.5 Å². The third-order valence-electron chi connectivity index (χ3n) is 3.86. The van der Waals surface area contributed by atoms with Crippen LogP contribution < -0.4 is 5.32 Å². The first-order valence-electron chi connectivity index (χ1n) is 6.82. The standard InChI is InChI=1S/C14H24N2O2/c1-14(2,3)15-12(17)8-16(4)13(18)11-6-9-5-10(9)7-11/h9-11H,5-8H2,1-4H3,(H,15,17). The van der Waals surface area contributed by atoms with Crippen molar-refractivity contribution < 1.29 is 9.59 Å². The second-order valence-corrected chi connectivity index (χ2v) is 6.92. The van der Waals surface area contributed by atoms with E-state index in [1.165, 1.54) is 6.42 Å². The van der Waals surface area contributed by atoms with Gasteiger partial charge >= 0.3 is 0 Å². The van der Waals surface area contributed by atoms with Crippen LogP contribution in [-0.2, 0) is 9.59 Å². The molecule has 0 radical (unpaired) electrons. The molecule has 0 saturated heterocycles. The molecule has 0 aromatic rings. The van der Waals surface area contributed by atoms with Crippen molar-refractivity contribution in [3.05, 3.63) is 0 Å². The van der Waals surface area contributed by atoms with Gasteiger partial charge in [-0.05, 0) is 51.9 Å². The zero-order valence-corrected chi connectivity index (χ0v) is 11.8. The minimum Gasteiger partial charge on any atom is -0.350 e. The average Bonchev–Trinajstić information content (AvgIpc) is 2.81. The fourth-order valence-electron chi connectivity index (χ4n) is 2.98. The molecule has 0 aliphatic heterocycles. The topological polar surface area (TPSA) is 49.4 Å². The van der Waals surface area contributed by atoms with E-state index in [2.05, 4.69) is 5.32 Å². The summed E-state index contributed by atoms with van der Waals surface area (Å²) in [6.45, 7) is 5.99. The fraction of sp³-hybridized carbons (Fsp3) is 0.857. The number of nitrogens with one attached hydrogen (secondary N) is 1. The predicted octanol–water partition coefficient (Wildman–Crippen LogP) is 1.41. The van der Waals surface area contributed by atoms with Gasteiger partial charge < -0.3 is 10.2 Å². The lowest BCUT2D eigenvalue weighted by molar-refractivity contribution is -0.138. The highest BCUT2D eigenvalue weighted by atomic mass is 16.2. The monoisotopic (exact) mass is 252 g/mol. The van der Waals surface area contributed by atoms with Crippen LogP contribution >= 0.6 is 0 Å². The number of hydrogen-bond donors (Lipinski definition) is 1. The van der Waals surface area contributed by atoms with Gasteiger partial charge in [-0.3, -0.25) is 9.59 Å². The van der Waals surface area contributed by atoms with Crippen LogP contribution in [0.2, 0.25) is 0 Å². The molecule has 0 aromatic heterocycles. The summed E-state index contributed by atoms with van der Waals surface area (Å²) in [6, 6.07) is 0. The number of likely N-dealkylation sites (N-methyl/N-ethyl adjacent to an activating group) is 1. The number of fused-ring (bicyclic) bond motifs is 1. The van der Waals surface area contributed by atoms with Crippen molar-refractivity contribution in [2.45, 2.75) is 45.6 Å². The maximum absolute atomic E-state index is 12.2. The van der Waals surface area contributed by atoms with Crippen molar-refractivity contribution in [3.63, 3.8) is 0 Å². The first-order valence-corrected chi connectivity index (χ1v) is 6.82. The molecule has 2 aliphatic carbocycles. The van der Waals surface area contributed by atoms with E-state index < -0.39 is 0 Å². The van der Waals surface area contributed by atoms with Crippen LogP contribution in [0, 0.1) is 17.8 Å². The summed E-state index contributed by atoms with van der Waals surface area (Å²) >= 11 is 0. The van der Waals surface area contributed by atoms with Gasteiger partial charge in [0.25, 0.3) is 0 Å². The molecule has 2 fully saturated rings. The summed E-state index contributed by atoms with van der Waals surface area (Å²) in [5, 5.41) is 2.88. The maximum atomic E-state index is 12.2. The predicted molar refractivity (Wildman–Crippen MR) is 69.9 cm³/mol. The SMILES string of the molecule is CN(CC(=O)NC(C)(C)C)C(=O)C1CC2CC2C1. The maximum Gasteiger partial charge on any atom is 0.240 e. The molecule has 2 amide bonds. The molecule has 0 aromatic carbocycles. The molecular weight excluding hydrogens is 228 g/mol. The lowest BCUT2D eigenvalue weighted by Gasteiger charge is -2.25. The lowest BCUT2D eigenvalue weighted by atomic mass is 10.0. The highest BCUT2D eigenvalue weighted by molar-refractivity contribution is 5.86. The second-order valence-electron chi connectivity index (χ2n) is 6.92. The second kappa shape index (κ2) is 4.56.